The van der Waals surface area contributed by atoms with Gasteiger partial charge in [0.15, 0.2) is 0 Å². The molecule has 0 bridgehead atoms. The molecule has 0 saturated heterocycles. The number of nitrogens with two attached hydrogens (primary N) is 1. The molecule has 7 atom stereocenters. The predicted molar refractivity (Wildman–Crippen MR) is 142 cm³/mol. The van der Waals surface area contributed by atoms with Gasteiger partial charge in [-0.1, -0.05) is 32.1 Å². The normalized spacial score (nSPS) is 36.4. The molecule has 5 rings (SSSR count). The van der Waals surface area contributed by atoms with Gasteiger partial charge in [0.25, 0.3) is 0 Å². The summed E-state index contributed by atoms with van der Waals surface area (Å²) >= 11 is 0. The molecule has 1 heterocycles. The highest BCUT2D eigenvalue weighted by Crippen LogP contribution is 2.66. The molecule has 7 nitrogen and oxygen atoms in total. The average molecular weight is 508 g/mol. The lowest BCUT2D eigenvalue weighted by Gasteiger charge is -2.60. The Labute approximate surface area is 220 Å². The third kappa shape index (κ3) is 4.29. The fraction of sp³-hybridized carbons (Fsp3) is 0.633. The van der Waals surface area contributed by atoms with Gasteiger partial charge in [0.1, 0.15) is 6.73 Å². The maximum atomic E-state index is 13.2. The van der Waals surface area contributed by atoms with Crippen LogP contribution in [0, 0.1) is 34.5 Å². The number of esters is 1. The van der Waals surface area contributed by atoms with Gasteiger partial charge < -0.3 is 15.0 Å². The van der Waals surface area contributed by atoms with Crippen molar-refractivity contribution in [1.29, 1.82) is 0 Å². The Bertz CT molecular complexity index is 1100. The topological polar surface area (TPSA) is 102 Å². The second kappa shape index (κ2) is 9.90. The molecule has 3 aliphatic carbocycles. The number of para-hydroxylation sites is 1. The van der Waals surface area contributed by atoms with Gasteiger partial charge in [0, 0.05) is 24.4 Å². The molecule has 3 fully saturated rings. The molecule has 0 unspecified atom stereocenters. The predicted octanol–water partition coefficient (Wildman–Crippen LogP) is 4.73. The van der Waals surface area contributed by atoms with Crippen LogP contribution in [-0.4, -0.2) is 42.0 Å². The van der Waals surface area contributed by atoms with Crippen molar-refractivity contribution < 1.29 is 19.1 Å². The molecule has 1 aliphatic heterocycles. The summed E-state index contributed by atoms with van der Waals surface area (Å²) in [6.45, 7) is 7.46. The third-order valence-corrected chi connectivity index (χ3v) is 10.6. The van der Waals surface area contributed by atoms with Gasteiger partial charge in [-0.15, -0.1) is 0 Å². The first-order valence-corrected chi connectivity index (χ1v) is 14.0. The Morgan fingerprint density at radius 1 is 1.11 bits per heavy atom. The van der Waals surface area contributed by atoms with Gasteiger partial charge in [0.05, 0.1) is 11.3 Å². The average Bonchev–Trinajstić information content (AvgIpc) is 3.20. The number of carbonyl (C=O) groups is 3. The summed E-state index contributed by atoms with van der Waals surface area (Å²) in [6, 6.07) is 7.22. The van der Waals surface area contributed by atoms with Gasteiger partial charge >= 0.3 is 5.97 Å². The monoisotopic (exact) mass is 507 g/mol. The summed E-state index contributed by atoms with van der Waals surface area (Å²) in [5.74, 6) is 1.72. The Morgan fingerprint density at radius 3 is 2.65 bits per heavy atom. The lowest BCUT2D eigenvalue weighted by atomic mass is 9.47. The molecule has 200 valence electrons. The van der Waals surface area contributed by atoms with E-state index in [0.717, 1.165) is 38.6 Å². The van der Waals surface area contributed by atoms with E-state index in [0.29, 0.717) is 47.4 Å². The van der Waals surface area contributed by atoms with Crippen LogP contribution in [0.15, 0.2) is 36.4 Å². The highest BCUT2D eigenvalue weighted by molar-refractivity contribution is 6.01. The smallest absolute Gasteiger partial charge is 0.341 e. The van der Waals surface area contributed by atoms with Crippen LogP contribution in [0.4, 0.5) is 5.69 Å². The molecule has 7 heteroatoms. The highest BCUT2D eigenvalue weighted by atomic mass is 16.5. The van der Waals surface area contributed by atoms with E-state index >= 15 is 0 Å². The zero-order chi connectivity index (χ0) is 26.4. The van der Waals surface area contributed by atoms with Crippen LogP contribution in [0.5, 0.6) is 0 Å². The van der Waals surface area contributed by atoms with Crippen LogP contribution in [0.2, 0.25) is 0 Å². The van der Waals surface area contributed by atoms with Crippen molar-refractivity contribution in [3.63, 3.8) is 0 Å². The highest BCUT2D eigenvalue weighted by Gasteiger charge is 2.60. The molecule has 2 amide bonds. The molecular weight excluding hydrogens is 466 g/mol. The number of ether oxygens (including phenoxy) is 1. The summed E-state index contributed by atoms with van der Waals surface area (Å²) in [6.07, 6.45) is 11.2. The van der Waals surface area contributed by atoms with Crippen LogP contribution in [-0.2, 0) is 14.3 Å². The Kier molecular flexibility index (Phi) is 6.94. The van der Waals surface area contributed by atoms with Gasteiger partial charge in [-0.2, -0.15) is 0 Å². The number of carbonyl (C=O) groups excluding carboxylic acids is 3. The van der Waals surface area contributed by atoms with Gasteiger partial charge in [-0.3, -0.25) is 15.3 Å². The number of rotatable bonds is 6. The van der Waals surface area contributed by atoms with E-state index in [9.17, 15) is 14.4 Å². The minimum Gasteiger partial charge on any atom is -0.446 e. The largest absolute Gasteiger partial charge is 0.446 e. The van der Waals surface area contributed by atoms with Crippen LogP contribution in [0.1, 0.15) is 76.1 Å². The SMILES string of the molecule is CCN1C(=O)C=C[C@]2(C)[C@H]3CC[C@]4(C)[C@@H](CC(=O)Nc5ccccc5C(=O)OCN)CC[C@H]4[C@@H]3CC[C@@H]12. The molecule has 1 aromatic carbocycles. The molecule has 3 N–H and O–H groups in total. The van der Waals surface area contributed by atoms with E-state index in [4.69, 9.17) is 10.5 Å². The van der Waals surface area contributed by atoms with Crippen LogP contribution in [0.3, 0.4) is 0 Å². The zero-order valence-corrected chi connectivity index (χ0v) is 22.4. The van der Waals surface area contributed by atoms with E-state index in [1.165, 1.54) is 6.42 Å². The van der Waals surface area contributed by atoms with E-state index in [-0.39, 0.29) is 29.4 Å². The summed E-state index contributed by atoms with van der Waals surface area (Å²) in [5, 5.41) is 2.98. The van der Waals surface area contributed by atoms with Crippen molar-refractivity contribution in [3.05, 3.63) is 42.0 Å². The minimum absolute atomic E-state index is 0.0332. The molecule has 0 spiro atoms. The molecule has 0 radical (unpaired) electrons. The second-order valence-corrected chi connectivity index (χ2v) is 12.0. The van der Waals surface area contributed by atoms with E-state index < -0.39 is 5.97 Å². The van der Waals surface area contributed by atoms with Gasteiger partial charge in [-0.25, -0.2) is 4.79 Å². The number of benzene rings is 1. The lowest BCUT2D eigenvalue weighted by molar-refractivity contribution is -0.141. The van der Waals surface area contributed by atoms with Crippen molar-refractivity contribution in [3.8, 4) is 0 Å². The number of nitrogens with one attached hydrogen (secondary N) is 1. The number of fused-ring (bicyclic) bond motifs is 5. The lowest BCUT2D eigenvalue weighted by Crippen LogP contribution is -2.60. The quantitative estimate of drug-likeness (QED) is 0.428. The molecule has 37 heavy (non-hydrogen) atoms. The molecule has 0 aromatic heterocycles. The van der Waals surface area contributed by atoms with Crippen molar-refractivity contribution >= 4 is 23.5 Å². The summed E-state index contributed by atoms with van der Waals surface area (Å²) in [4.78, 5) is 40.1. The Morgan fingerprint density at radius 2 is 1.89 bits per heavy atom. The fourth-order valence-corrected chi connectivity index (χ4v) is 8.77. The van der Waals surface area contributed by atoms with Gasteiger partial charge in [0.2, 0.25) is 11.8 Å². The molecular formula is C30H41N3O4. The third-order valence-electron chi connectivity index (χ3n) is 10.6. The number of amides is 2. The number of hydrogen-bond donors (Lipinski definition) is 2. The fourth-order valence-electron chi connectivity index (χ4n) is 8.77. The van der Waals surface area contributed by atoms with Crippen molar-refractivity contribution in [2.45, 2.75) is 71.8 Å². The molecule has 4 aliphatic rings. The Hall–Kier alpha value is -2.67. The maximum Gasteiger partial charge on any atom is 0.341 e. The van der Waals surface area contributed by atoms with Crippen molar-refractivity contribution in [2.75, 3.05) is 18.6 Å². The minimum atomic E-state index is -0.534. The van der Waals surface area contributed by atoms with Gasteiger partial charge in [-0.05, 0) is 92.7 Å². The van der Waals surface area contributed by atoms with E-state index in [1.54, 1.807) is 24.3 Å². The summed E-state index contributed by atoms with van der Waals surface area (Å²) in [5.41, 5.74) is 6.33. The second-order valence-electron chi connectivity index (χ2n) is 12.0. The number of likely N-dealkylation sites (N-methyl/N-ethyl adjacent to an activating group) is 1. The zero-order valence-electron chi connectivity index (χ0n) is 22.4. The maximum absolute atomic E-state index is 13.2. The van der Waals surface area contributed by atoms with Crippen LogP contribution in [0.25, 0.3) is 0 Å². The van der Waals surface area contributed by atoms with Crippen molar-refractivity contribution in [2.24, 2.45) is 40.2 Å². The van der Waals surface area contributed by atoms with Crippen molar-refractivity contribution in [1.82, 2.24) is 4.90 Å². The summed E-state index contributed by atoms with van der Waals surface area (Å²) < 4.78 is 4.95. The van der Waals surface area contributed by atoms with Crippen LogP contribution < -0.4 is 11.1 Å². The standard InChI is InChI=1S/C30H41N3O4/c1-4-33-25-12-10-20-22-11-9-19(29(22,2)15-13-23(20)30(25,3)16-14-27(33)35)17-26(34)32-24-8-6-5-7-21(24)28(36)37-18-31/h5-8,14,16,19-20,22-23,25H,4,9-13,15,17-18,31H2,1-3H3,(H,32,34)/t19-,20+,22+,23+,25-,29-,30-/m1/s1. The molecule has 1 aromatic rings. The van der Waals surface area contributed by atoms with Crippen LogP contribution >= 0.6 is 0 Å². The first-order chi connectivity index (χ1) is 17.7. The first kappa shape index (κ1) is 26.0. The number of hydrogen-bond acceptors (Lipinski definition) is 5. The molecule has 3 saturated carbocycles. The Balaban J connectivity index is 1.30. The van der Waals surface area contributed by atoms with E-state index in [1.807, 2.05) is 6.08 Å². The van der Waals surface area contributed by atoms with E-state index in [2.05, 4.69) is 37.1 Å². The number of anilines is 1. The summed E-state index contributed by atoms with van der Waals surface area (Å²) in [7, 11) is 0. The number of nitrogens with zero attached hydrogens (tertiary/aromatic N) is 1. The first-order valence-electron chi connectivity index (χ1n) is 14.0.